The van der Waals surface area contributed by atoms with E-state index in [1.807, 2.05) is 12.1 Å². The van der Waals surface area contributed by atoms with Gasteiger partial charge in [-0.05, 0) is 17.7 Å². The van der Waals surface area contributed by atoms with Crippen LogP contribution in [-0.2, 0) is 6.61 Å². The van der Waals surface area contributed by atoms with Gasteiger partial charge >= 0.3 is 0 Å². The summed E-state index contributed by atoms with van der Waals surface area (Å²) >= 11 is 7.42. The van der Waals surface area contributed by atoms with Crippen molar-refractivity contribution >= 4 is 38.0 Å². The van der Waals surface area contributed by atoms with Crippen LogP contribution in [0, 0.1) is 0 Å². The Morgan fingerprint density at radius 2 is 2.23 bits per heavy atom. The number of nitrogens with two attached hydrogens (primary N) is 1. The van der Waals surface area contributed by atoms with Gasteiger partial charge in [-0.25, -0.2) is 0 Å². The average molecular weight is 214 g/mol. The number of nitrogen functional groups attached to an aromatic ring is 1. The molecule has 0 spiro atoms. The first kappa shape index (κ1) is 8.81. The fourth-order valence-electron chi connectivity index (χ4n) is 1.29. The first-order valence-electron chi connectivity index (χ1n) is 3.79. The number of aliphatic hydroxyl groups is 1. The predicted octanol–water partition coefficient (Wildman–Crippen LogP) is 2.63. The molecule has 2 rings (SSSR count). The van der Waals surface area contributed by atoms with Crippen LogP contribution in [0.1, 0.15) is 5.56 Å². The van der Waals surface area contributed by atoms with Crippen molar-refractivity contribution in [3.63, 3.8) is 0 Å². The Bertz CT molecular complexity index is 452. The number of thiophene rings is 1. The number of benzene rings is 1. The number of hydrogen-bond donors (Lipinski definition) is 2. The molecule has 1 aromatic heterocycles. The maximum Gasteiger partial charge on any atom is 0.0869 e. The minimum atomic E-state index is 0.0215. The van der Waals surface area contributed by atoms with Crippen molar-refractivity contribution < 1.29 is 5.11 Å². The minimum Gasteiger partial charge on any atom is -0.392 e. The van der Waals surface area contributed by atoms with Crippen LogP contribution in [-0.4, -0.2) is 5.11 Å². The molecule has 1 aromatic carbocycles. The van der Waals surface area contributed by atoms with Crippen LogP contribution in [0.25, 0.3) is 10.1 Å². The van der Waals surface area contributed by atoms with E-state index >= 15 is 0 Å². The van der Waals surface area contributed by atoms with E-state index in [-0.39, 0.29) is 6.61 Å². The van der Waals surface area contributed by atoms with Gasteiger partial charge in [0.2, 0.25) is 0 Å². The van der Waals surface area contributed by atoms with Crippen molar-refractivity contribution in [3.8, 4) is 0 Å². The lowest BCUT2D eigenvalue weighted by Gasteiger charge is -1.98. The Labute approximate surface area is 84.6 Å². The third kappa shape index (κ3) is 1.39. The second-order valence-corrected chi connectivity index (χ2v) is 4.25. The van der Waals surface area contributed by atoms with Gasteiger partial charge < -0.3 is 10.8 Å². The highest BCUT2D eigenvalue weighted by Gasteiger charge is 2.07. The van der Waals surface area contributed by atoms with Crippen LogP contribution < -0.4 is 5.73 Å². The van der Waals surface area contributed by atoms with E-state index in [4.69, 9.17) is 22.4 Å². The third-order valence-electron chi connectivity index (χ3n) is 1.90. The van der Waals surface area contributed by atoms with Gasteiger partial charge in [-0.15, -0.1) is 11.3 Å². The largest absolute Gasteiger partial charge is 0.392 e. The zero-order valence-electron chi connectivity index (χ0n) is 6.75. The molecule has 68 valence electrons. The summed E-state index contributed by atoms with van der Waals surface area (Å²) in [4.78, 5) is 0. The number of hydrogen-bond acceptors (Lipinski definition) is 3. The molecule has 0 aliphatic rings. The predicted molar refractivity (Wildman–Crippen MR) is 57.2 cm³/mol. The van der Waals surface area contributed by atoms with E-state index in [1.165, 1.54) is 11.3 Å². The molecular formula is C9H8ClNOS. The molecule has 3 N–H and O–H groups in total. The highest BCUT2D eigenvalue weighted by atomic mass is 35.5. The lowest BCUT2D eigenvalue weighted by molar-refractivity contribution is 0.283. The third-order valence-corrected chi connectivity index (χ3v) is 3.27. The van der Waals surface area contributed by atoms with Crippen molar-refractivity contribution in [1.29, 1.82) is 0 Å². The van der Waals surface area contributed by atoms with E-state index in [1.54, 1.807) is 6.07 Å². The maximum atomic E-state index is 9.06. The molecule has 0 saturated heterocycles. The van der Waals surface area contributed by atoms with Gasteiger partial charge in [-0.2, -0.15) is 0 Å². The van der Waals surface area contributed by atoms with Crippen molar-refractivity contribution in [2.75, 3.05) is 5.73 Å². The van der Waals surface area contributed by atoms with E-state index < -0.39 is 0 Å². The molecular weight excluding hydrogens is 206 g/mol. The molecule has 2 nitrogen and oxygen atoms in total. The highest BCUT2D eigenvalue weighted by molar-refractivity contribution is 7.22. The van der Waals surface area contributed by atoms with Crippen LogP contribution in [0.15, 0.2) is 18.2 Å². The molecule has 0 aliphatic heterocycles. The molecule has 2 aromatic rings. The van der Waals surface area contributed by atoms with E-state index in [9.17, 15) is 0 Å². The summed E-state index contributed by atoms with van der Waals surface area (Å²) in [5.74, 6) is 0. The average Bonchev–Trinajstić information content (AvgIpc) is 2.48. The van der Waals surface area contributed by atoms with Crippen molar-refractivity contribution in [2.24, 2.45) is 0 Å². The monoisotopic (exact) mass is 213 g/mol. The number of rotatable bonds is 1. The highest BCUT2D eigenvalue weighted by Crippen LogP contribution is 2.35. The summed E-state index contributed by atoms with van der Waals surface area (Å²) in [6.07, 6.45) is 0. The zero-order chi connectivity index (χ0) is 9.42. The molecule has 13 heavy (non-hydrogen) atoms. The number of anilines is 1. The van der Waals surface area contributed by atoms with Gasteiger partial charge in [0.25, 0.3) is 0 Å². The van der Waals surface area contributed by atoms with E-state index in [0.29, 0.717) is 5.02 Å². The smallest absolute Gasteiger partial charge is 0.0869 e. The summed E-state index contributed by atoms with van der Waals surface area (Å²) in [5.41, 5.74) is 6.54. The second kappa shape index (κ2) is 3.18. The van der Waals surface area contributed by atoms with Crippen LogP contribution in [0.4, 0.5) is 5.00 Å². The van der Waals surface area contributed by atoms with Gasteiger partial charge in [0.05, 0.1) is 11.6 Å². The summed E-state index contributed by atoms with van der Waals surface area (Å²) < 4.78 is 0.979. The van der Waals surface area contributed by atoms with E-state index in [0.717, 1.165) is 20.7 Å². The summed E-state index contributed by atoms with van der Waals surface area (Å²) in [5, 5.41) is 11.4. The summed E-state index contributed by atoms with van der Waals surface area (Å²) in [6, 6.07) is 5.43. The first-order chi connectivity index (χ1) is 6.22. The van der Waals surface area contributed by atoms with Crippen molar-refractivity contribution in [1.82, 2.24) is 0 Å². The molecule has 0 amide bonds. The van der Waals surface area contributed by atoms with Gasteiger partial charge in [0, 0.05) is 15.1 Å². The lowest BCUT2D eigenvalue weighted by Crippen LogP contribution is -1.81. The number of fused-ring (bicyclic) bond motifs is 1. The molecule has 0 fully saturated rings. The van der Waals surface area contributed by atoms with Crippen LogP contribution in [0.2, 0.25) is 5.02 Å². The molecule has 1 heterocycles. The van der Waals surface area contributed by atoms with Crippen molar-refractivity contribution in [2.45, 2.75) is 6.61 Å². The van der Waals surface area contributed by atoms with Crippen LogP contribution in [0.3, 0.4) is 0 Å². The Balaban J connectivity index is 2.83. The second-order valence-electron chi connectivity index (χ2n) is 2.76. The Kier molecular flexibility index (Phi) is 2.15. The SMILES string of the molecule is Nc1cc2c(Cl)ccc(CO)c2s1. The molecule has 0 atom stereocenters. The standard InChI is InChI=1S/C9H8ClNOS/c10-7-2-1-5(4-12)9-6(7)3-8(11)13-9/h1-3,12H,4,11H2. The van der Waals surface area contributed by atoms with Gasteiger partial charge in [-0.1, -0.05) is 17.7 Å². The Morgan fingerprint density at radius 3 is 2.92 bits per heavy atom. The molecule has 0 radical (unpaired) electrons. The maximum absolute atomic E-state index is 9.06. The molecule has 0 unspecified atom stereocenters. The number of aliphatic hydroxyl groups excluding tert-OH is 1. The van der Waals surface area contributed by atoms with E-state index in [2.05, 4.69) is 0 Å². The topological polar surface area (TPSA) is 46.2 Å². The zero-order valence-corrected chi connectivity index (χ0v) is 8.32. The lowest BCUT2D eigenvalue weighted by atomic mass is 10.2. The molecule has 0 aliphatic carbocycles. The van der Waals surface area contributed by atoms with Gasteiger partial charge in [0.15, 0.2) is 0 Å². The van der Waals surface area contributed by atoms with Gasteiger partial charge in [0.1, 0.15) is 0 Å². The fourth-order valence-corrected chi connectivity index (χ4v) is 2.51. The van der Waals surface area contributed by atoms with Gasteiger partial charge in [-0.3, -0.25) is 0 Å². The minimum absolute atomic E-state index is 0.0215. The van der Waals surface area contributed by atoms with Crippen LogP contribution >= 0.6 is 22.9 Å². The van der Waals surface area contributed by atoms with Crippen LogP contribution in [0.5, 0.6) is 0 Å². The first-order valence-corrected chi connectivity index (χ1v) is 4.99. The quantitative estimate of drug-likeness (QED) is 0.765. The fraction of sp³-hybridized carbons (Fsp3) is 0.111. The molecule has 0 saturated carbocycles. The Morgan fingerprint density at radius 1 is 1.46 bits per heavy atom. The number of halogens is 1. The normalized spacial score (nSPS) is 10.9. The molecule has 4 heteroatoms. The summed E-state index contributed by atoms with van der Waals surface area (Å²) in [6.45, 7) is 0.0215. The molecule has 0 bridgehead atoms. The van der Waals surface area contributed by atoms with Crippen molar-refractivity contribution in [3.05, 3.63) is 28.8 Å². The summed E-state index contributed by atoms with van der Waals surface area (Å²) in [7, 11) is 0. The Hall–Kier alpha value is -0.770.